The number of halogens is 1. The summed E-state index contributed by atoms with van der Waals surface area (Å²) in [6, 6.07) is 12.6. The van der Waals surface area contributed by atoms with Gasteiger partial charge in [-0.1, -0.05) is 25.6 Å². The molecule has 0 radical (unpaired) electrons. The van der Waals surface area contributed by atoms with Crippen molar-refractivity contribution in [1.29, 1.82) is 0 Å². The van der Waals surface area contributed by atoms with E-state index in [1.165, 1.54) is 11.1 Å². The quantitative estimate of drug-likeness (QED) is 0.708. The predicted molar refractivity (Wildman–Crippen MR) is 110 cm³/mol. The number of rotatable bonds is 5. The molecule has 1 saturated heterocycles. The molecule has 0 aromatic heterocycles. The third-order valence-electron chi connectivity index (χ3n) is 4.87. The highest BCUT2D eigenvalue weighted by atomic mass is 79.9. The van der Waals surface area contributed by atoms with Gasteiger partial charge in [-0.2, -0.15) is 0 Å². The van der Waals surface area contributed by atoms with E-state index in [1.807, 2.05) is 18.2 Å². The molecule has 4 nitrogen and oxygen atoms in total. The van der Waals surface area contributed by atoms with Gasteiger partial charge in [-0.05, 0) is 47.0 Å². The van der Waals surface area contributed by atoms with Crippen molar-refractivity contribution in [3.8, 4) is 17.2 Å². The second-order valence-corrected chi connectivity index (χ2v) is 7.06. The average molecular weight is 422 g/mol. The number of para-hydroxylation sites is 1. The summed E-state index contributed by atoms with van der Waals surface area (Å²) in [5.74, 6) is 3.07. The third-order valence-corrected chi connectivity index (χ3v) is 5.49. The summed E-state index contributed by atoms with van der Waals surface area (Å²) in [6.07, 6.45) is 2.13. The molecular weight excluding hydrogens is 394 g/mol. The normalized spacial score (nSPS) is 19.4. The Bertz CT molecular complexity index is 727. The molecule has 1 N–H and O–H groups in total. The number of piperidine rings is 1. The van der Waals surface area contributed by atoms with E-state index in [-0.39, 0.29) is 7.43 Å². The van der Waals surface area contributed by atoms with Crippen molar-refractivity contribution >= 4 is 15.9 Å². The summed E-state index contributed by atoms with van der Waals surface area (Å²) >= 11 is 3.53. The molecule has 0 aliphatic carbocycles. The minimum Gasteiger partial charge on any atom is -0.496 e. The molecule has 0 bridgehead atoms. The fraction of sp³-hybridized carbons (Fsp3) is 0.429. The summed E-state index contributed by atoms with van der Waals surface area (Å²) in [5.41, 5.74) is 2.41. The number of methoxy groups -OCH3 is 3. The van der Waals surface area contributed by atoms with Crippen LogP contribution in [0, 0.1) is 0 Å². The maximum absolute atomic E-state index is 5.59. The van der Waals surface area contributed by atoms with Gasteiger partial charge in [-0.25, -0.2) is 0 Å². The van der Waals surface area contributed by atoms with Crippen LogP contribution in [0.2, 0.25) is 0 Å². The Morgan fingerprint density at radius 1 is 0.885 bits per heavy atom. The number of hydrogen-bond acceptors (Lipinski definition) is 4. The largest absolute Gasteiger partial charge is 0.496 e. The molecule has 26 heavy (non-hydrogen) atoms. The number of hydrogen-bond donors (Lipinski definition) is 1. The van der Waals surface area contributed by atoms with Gasteiger partial charge < -0.3 is 19.5 Å². The van der Waals surface area contributed by atoms with Gasteiger partial charge in [-0.15, -0.1) is 0 Å². The smallest absolute Gasteiger partial charge is 0.133 e. The summed E-state index contributed by atoms with van der Waals surface area (Å²) in [7, 11) is 5.13. The van der Waals surface area contributed by atoms with Crippen LogP contribution >= 0.6 is 15.9 Å². The Morgan fingerprint density at radius 3 is 2.19 bits per heavy atom. The van der Waals surface area contributed by atoms with E-state index in [4.69, 9.17) is 14.2 Å². The van der Waals surface area contributed by atoms with Crippen LogP contribution in [0.5, 0.6) is 17.2 Å². The zero-order valence-corrected chi connectivity index (χ0v) is 16.4. The molecule has 1 unspecified atom stereocenters. The van der Waals surface area contributed by atoms with E-state index in [2.05, 4.69) is 39.4 Å². The minimum absolute atomic E-state index is 0. The van der Waals surface area contributed by atoms with Crippen molar-refractivity contribution in [3.63, 3.8) is 0 Å². The standard InChI is InChI=1S/C20H24BrNO3.CH4/c1-23-18-7-5-4-6-14(18)17-9-8-13(12-22-17)15-10-20(25-3)16(21)11-19(15)24-2;/h4-7,10-11,13,17,22H,8-9,12H2,1-3H3;1H4/t13?,17-;/m1./s1. The highest BCUT2D eigenvalue weighted by Crippen LogP contribution is 2.41. The maximum Gasteiger partial charge on any atom is 0.133 e. The Morgan fingerprint density at radius 2 is 1.58 bits per heavy atom. The number of ether oxygens (including phenoxy) is 3. The zero-order valence-electron chi connectivity index (χ0n) is 14.8. The molecule has 2 aromatic carbocycles. The van der Waals surface area contributed by atoms with E-state index < -0.39 is 0 Å². The molecule has 5 heteroatoms. The van der Waals surface area contributed by atoms with Crippen molar-refractivity contribution in [2.24, 2.45) is 0 Å². The lowest BCUT2D eigenvalue weighted by Gasteiger charge is -2.32. The first-order valence-electron chi connectivity index (χ1n) is 8.45. The number of nitrogens with one attached hydrogen (secondary N) is 1. The van der Waals surface area contributed by atoms with E-state index >= 15 is 0 Å². The molecule has 1 heterocycles. The van der Waals surface area contributed by atoms with Gasteiger partial charge in [0.15, 0.2) is 0 Å². The molecular formula is C21H28BrNO3. The van der Waals surface area contributed by atoms with Crippen LogP contribution in [0.25, 0.3) is 0 Å². The van der Waals surface area contributed by atoms with Crippen LogP contribution in [0.1, 0.15) is 43.4 Å². The van der Waals surface area contributed by atoms with Crippen molar-refractivity contribution in [2.45, 2.75) is 32.2 Å². The summed E-state index contributed by atoms with van der Waals surface area (Å²) in [4.78, 5) is 0. The van der Waals surface area contributed by atoms with Gasteiger partial charge in [0.05, 0.1) is 25.8 Å². The zero-order chi connectivity index (χ0) is 17.8. The third kappa shape index (κ3) is 4.15. The Labute approximate surface area is 165 Å². The maximum atomic E-state index is 5.59. The van der Waals surface area contributed by atoms with Crippen molar-refractivity contribution in [1.82, 2.24) is 5.32 Å². The average Bonchev–Trinajstić information content (AvgIpc) is 2.67. The lowest BCUT2D eigenvalue weighted by atomic mass is 9.86. The summed E-state index contributed by atoms with van der Waals surface area (Å²) in [6.45, 7) is 0.893. The first kappa shape index (κ1) is 20.6. The van der Waals surface area contributed by atoms with Gasteiger partial charge in [0.1, 0.15) is 17.2 Å². The fourth-order valence-electron chi connectivity index (χ4n) is 3.54. The summed E-state index contributed by atoms with van der Waals surface area (Å²) < 4.78 is 17.5. The monoisotopic (exact) mass is 421 g/mol. The Kier molecular flexibility index (Phi) is 7.35. The van der Waals surface area contributed by atoms with Crippen molar-refractivity contribution in [3.05, 3.63) is 52.0 Å². The van der Waals surface area contributed by atoms with Crippen LogP contribution in [-0.4, -0.2) is 27.9 Å². The minimum atomic E-state index is 0. The Balaban J connectivity index is 0.00000243. The second-order valence-electron chi connectivity index (χ2n) is 6.21. The van der Waals surface area contributed by atoms with Gasteiger partial charge >= 0.3 is 0 Å². The molecule has 2 atom stereocenters. The van der Waals surface area contributed by atoms with Crippen LogP contribution in [0.4, 0.5) is 0 Å². The molecule has 1 aliphatic rings. The second kappa shape index (κ2) is 9.28. The van der Waals surface area contributed by atoms with Crippen molar-refractivity contribution in [2.75, 3.05) is 27.9 Å². The SMILES string of the molecule is C.COc1cc(C2CC[C@H](c3ccccc3OC)NC2)c(OC)cc1Br. The molecule has 0 saturated carbocycles. The van der Waals surface area contributed by atoms with E-state index in [0.717, 1.165) is 41.1 Å². The topological polar surface area (TPSA) is 39.7 Å². The number of benzene rings is 2. The van der Waals surface area contributed by atoms with Gasteiger partial charge in [0.2, 0.25) is 0 Å². The molecule has 1 aliphatic heterocycles. The van der Waals surface area contributed by atoms with Crippen molar-refractivity contribution < 1.29 is 14.2 Å². The highest BCUT2D eigenvalue weighted by Gasteiger charge is 2.27. The molecule has 0 spiro atoms. The molecule has 0 amide bonds. The summed E-state index contributed by atoms with van der Waals surface area (Å²) in [5, 5.41) is 3.67. The molecule has 142 valence electrons. The van der Waals surface area contributed by atoms with E-state index in [0.29, 0.717) is 12.0 Å². The molecule has 2 aromatic rings. The first-order valence-corrected chi connectivity index (χ1v) is 9.25. The van der Waals surface area contributed by atoms with Crippen LogP contribution in [-0.2, 0) is 0 Å². The predicted octanol–water partition coefficient (Wildman–Crippen LogP) is 5.32. The lowest BCUT2D eigenvalue weighted by Crippen LogP contribution is -2.32. The molecule has 3 rings (SSSR count). The van der Waals surface area contributed by atoms with Gasteiger partial charge in [-0.3, -0.25) is 0 Å². The lowest BCUT2D eigenvalue weighted by molar-refractivity contribution is 0.341. The van der Waals surface area contributed by atoms with E-state index in [1.54, 1.807) is 21.3 Å². The van der Waals surface area contributed by atoms with Gasteiger partial charge in [0, 0.05) is 29.6 Å². The van der Waals surface area contributed by atoms with Crippen LogP contribution in [0.15, 0.2) is 40.9 Å². The highest BCUT2D eigenvalue weighted by molar-refractivity contribution is 9.10. The molecule has 1 fully saturated rings. The first-order chi connectivity index (χ1) is 12.2. The van der Waals surface area contributed by atoms with Crippen LogP contribution in [0.3, 0.4) is 0 Å². The van der Waals surface area contributed by atoms with E-state index in [9.17, 15) is 0 Å². The van der Waals surface area contributed by atoms with Gasteiger partial charge in [0.25, 0.3) is 0 Å². The fourth-order valence-corrected chi connectivity index (χ4v) is 4.03. The van der Waals surface area contributed by atoms with Crippen LogP contribution < -0.4 is 19.5 Å². The Hall–Kier alpha value is -1.72.